The van der Waals surface area contributed by atoms with Gasteiger partial charge in [0, 0.05) is 19.0 Å². The average Bonchev–Trinajstić information content (AvgIpc) is 2.24. The fourth-order valence-electron chi connectivity index (χ4n) is 2.05. The number of hydrogen-bond acceptors (Lipinski definition) is 5. The lowest BCUT2D eigenvalue weighted by atomic mass is 9.94. The first kappa shape index (κ1) is 15.9. The van der Waals surface area contributed by atoms with Crippen molar-refractivity contribution in [1.82, 2.24) is 4.98 Å². The number of aliphatic hydroxyl groups is 1. The van der Waals surface area contributed by atoms with Gasteiger partial charge in [0.25, 0.3) is 0 Å². The van der Waals surface area contributed by atoms with Crippen LogP contribution < -0.4 is 5.32 Å². The summed E-state index contributed by atoms with van der Waals surface area (Å²) in [6, 6.07) is 3.08. The summed E-state index contributed by atoms with van der Waals surface area (Å²) in [6.45, 7) is 6.03. The summed E-state index contributed by atoms with van der Waals surface area (Å²) < 4.78 is 23.2. The molecular weight excluding hydrogens is 264 g/mol. The van der Waals surface area contributed by atoms with E-state index in [0.717, 1.165) is 6.26 Å². The molecule has 1 unspecified atom stereocenters. The molecule has 0 aliphatic carbocycles. The Morgan fingerprint density at radius 1 is 1.47 bits per heavy atom. The highest BCUT2D eigenvalue weighted by Gasteiger charge is 2.23. The molecule has 19 heavy (non-hydrogen) atoms. The summed E-state index contributed by atoms with van der Waals surface area (Å²) in [5, 5.41) is 13.1. The monoisotopic (exact) mass is 286 g/mol. The van der Waals surface area contributed by atoms with E-state index < -0.39 is 15.4 Å². The van der Waals surface area contributed by atoms with E-state index in [4.69, 9.17) is 0 Å². The van der Waals surface area contributed by atoms with Crippen LogP contribution in [0.1, 0.15) is 27.2 Å². The minimum atomic E-state index is -3.33. The van der Waals surface area contributed by atoms with E-state index in [0.29, 0.717) is 12.3 Å². The maximum Gasteiger partial charge on any atom is 0.179 e. The average molecular weight is 286 g/mol. The molecule has 0 aliphatic heterocycles. The van der Waals surface area contributed by atoms with Gasteiger partial charge in [-0.1, -0.05) is 13.8 Å². The second-order valence-corrected chi connectivity index (χ2v) is 7.55. The lowest BCUT2D eigenvalue weighted by Gasteiger charge is -2.26. The van der Waals surface area contributed by atoms with Gasteiger partial charge >= 0.3 is 0 Å². The summed E-state index contributed by atoms with van der Waals surface area (Å²) in [5.74, 6) is 0.643. The van der Waals surface area contributed by atoms with E-state index in [9.17, 15) is 13.5 Å². The van der Waals surface area contributed by atoms with Gasteiger partial charge in [-0.15, -0.1) is 0 Å². The Balaban J connectivity index is 2.85. The molecule has 0 amide bonds. The molecule has 5 nitrogen and oxygen atoms in total. The van der Waals surface area contributed by atoms with Crippen LogP contribution in [-0.2, 0) is 9.84 Å². The first-order valence-electron chi connectivity index (χ1n) is 6.23. The minimum absolute atomic E-state index is 0.148. The molecule has 0 bridgehead atoms. The minimum Gasteiger partial charge on any atom is -0.388 e. The maximum absolute atomic E-state index is 11.6. The van der Waals surface area contributed by atoms with Crippen molar-refractivity contribution in [3.8, 4) is 0 Å². The van der Waals surface area contributed by atoms with Crippen molar-refractivity contribution in [1.29, 1.82) is 0 Å². The molecule has 6 heteroatoms. The van der Waals surface area contributed by atoms with Gasteiger partial charge < -0.3 is 10.4 Å². The summed E-state index contributed by atoms with van der Waals surface area (Å²) in [4.78, 5) is 4.17. The van der Waals surface area contributed by atoms with Gasteiger partial charge in [0.05, 0.1) is 5.60 Å². The predicted molar refractivity (Wildman–Crippen MR) is 75.9 cm³/mol. The van der Waals surface area contributed by atoms with Crippen LogP contribution in [0.25, 0.3) is 0 Å². The van der Waals surface area contributed by atoms with Gasteiger partial charge in [-0.25, -0.2) is 13.4 Å². The molecule has 0 aromatic carbocycles. The summed E-state index contributed by atoms with van der Waals surface area (Å²) in [5.41, 5.74) is -0.902. The van der Waals surface area contributed by atoms with E-state index in [1.54, 1.807) is 13.0 Å². The van der Waals surface area contributed by atoms with E-state index in [-0.39, 0.29) is 17.3 Å². The number of rotatable bonds is 6. The van der Waals surface area contributed by atoms with Crippen molar-refractivity contribution in [2.75, 3.05) is 18.1 Å². The number of pyridine rings is 1. The van der Waals surface area contributed by atoms with Crippen molar-refractivity contribution >= 4 is 15.7 Å². The third-order valence-electron chi connectivity index (χ3n) is 2.65. The van der Waals surface area contributed by atoms with Crippen LogP contribution in [0, 0.1) is 5.92 Å². The van der Waals surface area contributed by atoms with E-state index in [2.05, 4.69) is 10.3 Å². The SMILES string of the molecule is CC(C)CC(C)(O)CNc1ncccc1S(C)(=O)=O. The molecule has 2 N–H and O–H groups in total. The van der Waals surface area contributed by atoms with E-state index in [1.165, 1.54) is 12.3 Å². The quantitative estimate of drug-likeness (QED) is 0.832. The molecular formula is C13H22N2O3S. The molecule has 0 saturated heterocycles. The van der Waals surface area contributed by atoms with E-state index in [1.807, 2.05) is 13.8 Å². The van der Waals surface area contributed by atoms with Gasteiger partial charge in [-0.3, -0.25) is 0 Å². The topological polar surface area (TPSA) is 79.3 Å². The first-order chi connectivity index (χ1) is 8.62. The predicted octanol–water partition coefficient (Wildman–Crippen LogP) is 1.69. The third kappa shape index (κ3) is 5.16. The molecule has 0 radical (unpaired) electrons. The molecule has 1 rings (SSSR count). The van der Waals surface area contributed by atoms with Crippen molar-refractivity contribution in [2.45, 2.75) is 37.7 Å². The maximum atomic E-state index is 11.6. The van der Waals surface area contributed by atoms with Crippen LogP contribution in [0.5, 0.6) is 0 Å². The number of nitrogens with zero attached hydrogens (tertiary/aromatic N) is 1. The molecule has 0 saturated carbocycles. The summed E-state index contributed by atoms with van der Waals surface area (Å²) in [6.07, 6.45) is 3.29. The standard InChI is InChI=1S/C13H22N2O3S/c1-10(2)8-13(3,16)9-15-12-11(19(4,17)18)6-5-7-14-12/h5-7,10,16H,8-9H2,1-4H3,(H,14,15). The third-order valence-corrected chi connectivity index (χ3v) is 3.78. The number of sulfone groups is 1. The Bertz CT molecular complexity index is 524. The highest BCUT2D eigenvalue weighted by molar-refractivity contribution is 7.90. The molecule has 1 aromatic rings. The number of hydrogen-bond donors (Lipinski definition) is 2. The fraction of sp³-hybridized carbons (Fsp3) is 0.615. The van der Waals surface area contributed by atoms with Gasteiger partial charge in [0.1, 0.15) is 10.7 Å². The van der Waals surface area contributed by atoms with Crippen LogP contribution in [0.4, 0.5) is 5.82 Å². The molecule has 0 spiro atoms. The number of aromatic nitrogens is 1. The Morgan fingerprint density at radius 3 is 2.63 bits per heavy atom. The Hall–Kier alpha value is -1.14. The number of nitrogens with one attached hydrogen (secondary N) is 1. The highest BCUT2D eigenvalue weighted by atomic mass is 32.2. The summed E-state index contributed by atoms with van der Waals surface area (Å²) in [7, 11) is -3.33. The summed E-state index contributed by atoms with van der Waals surface area (Å²) >= 11 is 0. The Kier molecular flexibility index (Phi) is 4.92. The van der Waals surface area contributed by atoms with E-state index >= 15 is 0 Å². The second kappa shape index (κ2) is 5.88. The van der Waals surface area contributed by atoms with Crippen LogP contribution in [-0.4, -0.2) is 36.9 Å². The van der Waals surface area contributed by atoms with Crippen molar-refractivity contribution in [3.05, 3.63) is 18.3 Å². The zero-order valence-electron chi connectivity index (χ0n) is 11.8. The van der Waals surface area contributed by atoms with Crippen molar-refractivity contribution in [2.24, 2.45) is 5.92 Å². The van der Waals surface area contributed by atoms with Crippen LogP contribution in [0.3, 0.4) is 0 Å². The normalized spacial score (nSPS) is 15.3. The zero-order valence-corrected chi connectivity index (χ0v) is 12.7. The Morgan fingerprint density at radius 2 is 2.11 bits per heavy atom. The highest BCUT2D eigenvalue weighted by Crippen LogP contribution is 2.21. The van der Waals surface area contributed by atoms with Crippen LogP contribution >= 0.6 is 0 Å². The molecule has 0 fully saturated rings. The molecule has 1 aromatic heterocycles. The fourth-order valence-corrected chi connectivity index (χ4v) is 2.85. The molecule has 1 heterocycles. The van der Waals surface area contributed by atoms with Crippen molar-refractivity contribution in [3.63, 3.8) is 0 Å². The molecule has 108 valence electrons. The van der Waals surface area contributed by atoms with Gasteiger partial charge in [-0.2, -0.15) is 0 Å². The van der Waals surface area contributed by atoms with Crippen LogP contribution in [0.2, 0.25) is 0 Å². The molecule has 0 aliphatic rings. The lowest BCUT2D eigenvalue weighted by molar-refractivity contribution is 0.0514. The van der Waals surface area contributed by atoms with Gasteiger partial charge in [0.15, 0.2) is 9.84 Å². The Labute approximate surface area is 115 Å². The van der Waals surface area contributed by atoms with Crippen LogP contribution in [0.15, 0.2) is 23.2 Å². The van der Waals surface area contributed by atoms with Crippen molar-refractivity contribution < 1.29 is 13.5 Å². The van der Waals surface area contributed by atoms with Gasteiger partial charge in [0.2, 0.25) is 0 Å². The van der Waals surface area contributed by atoms with Gasteiger partial charge in [-0.05, 0) is 31.4 Å². The first-order valence-corrected chi connectivity index (χ1v) is 8.12. The number of anilines is 1. The smallest absolute Gasteiger partial charge is 0.179 e. The second-order valence-electron chi connectivity index (χ2n) is 5.57. The zero-order chi connectivity index (χ0) is 14.7. The molecule has 1 atom stereocenters. The largest absolute Gasteiger partial charge is 0.388 e. The lowest BCUT2D eigenvalue weighted by Crippen LogP contribution is -2.35.